The maximum atomic E-state index is 12.6. The molecule has 0 saturated carbocycles. The van der Waals surface area contributed by atoms with Crippen LogP contribution in [0.1, 0.15) is 46.8 Å². The predicted molar refractivity (Wildman–Crippen MR) is 103 cm³/mol. The Morgan fingerprint density at radius 3 is 2.73 bits per heavy atom. The molecule has 2 amide bonds. The average Bonchev–Trinajstić information content (AvgIpc) is 3.07. The summed E-state index contributed by atoms with van der Waals surface area (Å²) in [6.45, 7) is 1.47. The average molecular weight is 366 g/mol. The number of hydrogen-bond donors (Lipinski definition) is 1. The fourth-order valence-corrected chi connectivity index (χ4v) is 4.71. The van der Waals surface area contributed by atoms with Crippen LogP contribution in [0, 0.1) is 0 Å². The van der Waals surface area contributed by atoms with Crippen LogP contribution in [-0.2, 0) is 11.3 Å². The quantitative estimate of drug-likeness (QED) is 0.896. The van der Waals surface area contributed by atoms with E-state index in [0.717, 1.165) is 30.7 Å². The summed E-state index contributed by atoms with van der Waals surface area (Å²) in [4.78, 5) is 27.5. The van der Waals surface area contributed by atoms with Crippen molar-refractivity contribution in [2.75, 3.05) is 12.3 Å². The van der Waals surface area contributed by atoms with Gasteiger partial charge in [0.15, 0.2) is 0 Å². The molecule has 4 nitrogen and oxygen atoms in total. The molecule has 4 rings (SSSR count). The first-order valence-electron chi connectivity index (χ1n) is 9.10. The van der Waals surface area contributed by atoms with E-state index in [1.807, 2.05) is 53.1 Å². The van der Waals surface area contributed by atoms with E-state index in [1.54, 1.807) is 0 Å². The number of carbonyl (C=O) groups is 2. The van der Waals surface area contributed by atoms with Gasteiger partial charge >= 0.3 is 0 Å². The molecule has 2 aromatic carbocycles. The minimum absolute atomic E-state index is 0.0412. The summed E-state index contributed by atoms with van der Waals surface area (Å²) in [5, 5.41) is 3.17. The summed E-state index contributed by atoms with van der Waals surface area (Å²) in [7, 11) is 0. The number of rotatable bonds is 4. The van der Waals surface area contributed by atoms with Crippen LogP contribution < -0.4 is 5.32 Å². The SMILES string of the molecule is O=C(NC1CCSc2ccccc21)c1ccc(CN2CCCC2=O)cc1. The fourth-order valence-electron chi connectivity index (χ4n) is 3.59. The molecule has 0 bridgehead atoms. The molecule has 1 unspecified atom stereocenters. The molecule has 0 spiro atoms. The second kappa shape index (κ2) is 7.54. The van der Waals surface area contributed by atoms with Crippen molar-refractivity contribution in [3.8, 4) is 0 Å². The number of amides is 2. The van der Waals surface area contributed by atoms with Gasteiger partial charge in [0, 0.05) is 35.7 Å². The van der Waals surface area contributed by atoms with E-state index in [9.17, 15) is 9.59 Å². The molecule has 134 valence electrons. The highest BCUT2D eigenvalue weighted by Crippen LogP contribution is 2.35. The molecule has 1 saturated heterocycles. The molecular formula is C21H22N2O2S. The lowest BCUT2D eigenvalue weighted by atomic mass is 10.0. The number of nitrogens with one attached hydrogen (secondary N) is 1. The number of fused-ring (bicyclic) bond motifs is 1. The molecule has 2 aromatic rings. The topological polar surface area (TPSA) is 49.4 Å². The minimum atomic E-state index is -0.0412. The van der Waals surface area contributed by atoms with E-state index in [4.69, 9.17) is 0 Å². The molecule has 0 aliphatic carbocycles. The van der Waals surface area contributed by atoms with Crippen molar-refractivity contribution < 1.29 is 9.59 Å². The highest BCUT2D eigenvalue weighted by molar-refractivity contribution is 7.99. The number of benzene rings is 2. The van der Waals surface area contributed by atoms with Gasteiger partial charge in [0.05, 0.1) is 6.04 Å². The van der Waals surface area contributed by atoms with Crippen LogP contribution in [0.2, 0.25) is 0 Å². The predicted octanol–water partition coefficient (Wildman–Crippen LogP) is 3.78. The van der Waals surface area contributed by atoms with Crippen molar-refractivity contribution in [2.24, 2.45) is 0 Å². The van der Waals surface area contributed by atoms with E-state index in [0.29, 0.717) is 18.5 Å². The Bertz CT molecular complexity index is 819. The number of likely N-dealkylation sites (tertiary alicyclic amines) is 1. The van der Waals surface area contributed by atoms with E-state index in [2.05, 4.69) is 17.4 Å². The minimum Gasteiger partial charge on any atom is -0.345 e. The summed E-state index contributed by atoms with van der Waals surface area (Å²) >= 11 is 1.85. The van der Waals surface area contributed by atoms with Gasteiger partial charge in [0.1, 0.15) is 0 Å². The summed E-state index contributed by atoms with van der Waals surface area (Å²) in [6, 6.07) is 16.0. The maximum absolute atomic E-state index is 12.6. The molecule has 0 radical (unpaired) electrons. The summed E-state index contributed by atoms with van der Waals surface area (Å²) in [5.74, 6) is 1.20. The fraction of sp³-hybridized carbons (Fsp3) is 0.333. The van der Waals surface area contributed by atoms with E-state index < -0.39 is 0 Å². The van der Waals surface area contributed by atoms with Crippen molar-refractivity contribution in [3.05, 3.63) is 65.2 Å². The number of hydrogen-bond acceptors (Lipinski definition) is 3. The van der Waals surface area contributed by atoms with Crippen LogP contribution in [0.5, 0.6) is 0 Å². The largest absolute Gasteiger partial charge is 0.345 e. The first-order chi connectivity index (χ1) is 12.7. The molecule has 26 heavy (non-hydrogen) atoms. The molecular weight excluding hydrogens is 344 g/mol. The highest BCUT2D eigenvalue weighted by Gasteiger charge is 2.23. The molecule has 1 N–H and O–H groups in total. The van der Waals surface area contributed by atoms with Crippen molar-refractivity contribution >= 4 is 23.6 Å². The number of nitrogens with zero attached hydrogens (tertiary/aromatic N) is 1. The lowest BCUT2D eigenvalue weighted by Gasteiger charge is -2.26. The van der Waals surface area contributed by atoms with E-state index in [1.165, 1.54) is 10.5 Å². The Morgan fingerprint density at radius 1 is 1.15 bits per heavy atom. The van der Waals surface area contributed by atoms with Crippen molar-refractivity contribution in [1.82, 2.24) is 10.2 Å². The van der Waals surface area contributed by atoms with Gasteiger partial charge in [0.25, 0.3) is 5.91 Å². The number of carbonyl (C=O) groups excluding carboxylic acids is 2. The number of thioether (sulfide) groups is 1. The second-order valence-electron chi connectivity index (χ2n) is 6.82. The smallest absolute Gasteiger partial charge is 0.251 e. The van der Waals surface area contributed by atoms with Crippen LogP contribution in [-0.4, -0.2) is 29.0 Å². The van der Waals surface area contributed by atoms with Gasteiger partial charge in [0.2, 0.25) is 5.91 Å². The van der Waals surface area contributed by atoms with Crippen LogP contribution in [0.25, 0.3) is 0 Å². The van der Waals surface area contributed by atoms with Crippen molar-refractivity contribution in [1.29, 1.82) is 0 Å². The molecule has 0 aromatic heterocycles. The highest BCUT2D eigenvalue weighted by atomic mass is 32.2. The zero-order valence-corrected chi connectivity index (χ0v) is 15.4. The third kappa shape index (κ3) is 3.63. The van der Waals surface area contributed by atoms with Gasteiger partial charge in [-0.25, -0.2) is 0 Å². The molecule has 2 aliphatic heterocycles. The lowest BCUT2D eigenvalue weighted by Crippen LogP contribution is -2.30. The van der Waals surface area contributed by atoms with Gasteiger partial charge < -0.3 is 10.2 Å². The van der Waals surface area contributed by atoms with Crippen LogP contribution in [0.4, 0.5) is 0 Å². The van der Waals surface area contributed by atoms with Crippen LogP contribution in [0.15, 0.2) is 53.4 Å². The molecule has 1 fully saturated rings. The maximum Gasteiger partial charge on any atom is 0.251 e. The first-order valence-corrected chi connectivity index (χ1v) is 10.1. The Labute approximate surface area is 158 Å². The Morgan fingerprint density at radius 2 is 1.96 bits per heavy atom. The zero-order chi connectivity index (χ0) is 17.9. The normalized spacial score (nSPS) is 19.3. The van der Waals surface area contributed by atoms with Gasteiger partial charge in [-0.15, -0.1) is 11.8 Å². The second-order valence-corrected chi connectivity index (χ2v) is 7.95. The van der Waals surface area contributed by atoms with Gasteiger partial charge in [-0.2, -0.15) is 0 Å². The van der Waals surface area contributed by atoms with Crippen LogP contribution >= 0.6 is 11.8 Å². The zero-order valence-electron chi connectivity index (χ0n) is 14.6. The molecule has 2 heterocycles. The monoisotopic (exact) mass is 366 g/mol. The van der Waals surface area contributed by atoms with Gasteiger partial charge in [-0.05, 0) is 42.2 Å². The molecule has 5 heteroatoms. The standard InChI is InChI=1S/C21H22N2O2S/c24-20-6-3-12-23(20)14-15-7-9-16(10-8-15)21(25)22-18-11-13-26-19-5-2-1-4-17(18)19/h1-2,4-5,7-10,18H,3,6,11-14H2,(H,22,25). The van der Waals surface area contributed by atoms with Gasteiger partial charge in [-0.1, -0.05) is 30.3 Å². The Kier molecular flexibility index (Phi) is 4.98. The third-order valence-electron chi connectivity index (χ3n) is 5.02. The van der Waals surface area contributed by atoms with Crippen molar-refractivity contribution in [2.45, 2.75) is 36.7 Å². The van der Waals surface area contributed by atoms with E-state index in [-0.39, 0.29) is 17.9 Å². The Balaban J connectivity index is 1.42. The third-order valence-corrected chi connectivity index (χ3v) is 6.15. The Hall–Kier alpha value is -2.27. The summed E-state index contributed by atoms with van der Waals surface area (Å²) < 4.78 is 0. The first kappa shape index (κ1) is 17.2. The summed E-state index contributed by atoms with van der Waals surface area (Å²) in [5.41, 5.74) is 2.94. The lowest BCUT2D eigenvalue weighted by molar-refractivity contribution is -0.128. The molecule has 1 atom stereocenters. The van der Waals surface area contributed by atoms with Crippen LogP contribution in [0.3, 0.4) is 0 Å². The van der Waals surface area contributed by atoms with Gasteiger partial charge in [-0.3, -0.25) is 9.59 Å². The van der Waals surface area contributed by atoms with Crippen molar-refractivity contribution in [3.63, 3.8) is 0 Å². The van der Waals surface area contributed by atoms with E-state index >= 15 is 0 Å². The molecule has 2 aliphatic rings. The summed E-state index contributed by atoms with van der Waals surface area (Å²) in [6.07, 6.45) is 2.55.